The standard InChI is InChI=1S/C21H24N2O3S2/c1-5-13-6-7-15-14(8-13)9-16(28-15)21(25)26-11(3)18-22-19(24)17-10(2)12(4)27-20(17)23-18/h9,11,13H,5-8H2,1-4H3,(H,22,23,24)/t11-,13-/m1/s1. The fraction of sp³-hybridized carbons (Fsp3) is 0.476. The van der Waals surface area contributed by atoms with Gasteiger partial charge in [-0.15, -0.1) is 22.7 Å². The SMILES string of the molecule is CC[C@@H]1CCc2sc(C(=O)O[C@H](C)c3nc4sc(C)c(C)c4c(=O)[nH]3)cc2C1. The van der Waals surface area contributed by atoms with Crippen LogP contribution in [-0.2, 0) is 17.6 Å². The molecular weight excluding hydrogens is 392 g/mol. The number of ether oxygens (including phenoxy) is 1. The summed E-state index contributed by atoms with van der Waals surface area (Å²) in [5.74, 6) is 0.754. The quantitative estimate of drug-likeness (QED) is 0.601. The normalized spacial score (nSPS) is 17.5. The van der Waals surface area contributed by atoms with Gasteiger partial charge in [0.25, 0.3) is 5.56 Å². The molecule has 1 aliphatic carbocycles. The van der Waals surface area contributed by atoms with Crippen LogP contribution in [0.15, 0.2) is 10.9 Å². The van der Waals surface area contributed by atoms with Crippen LogP contribution in [0.4, 0.5) is 0 Å². The van der Waals surface area contributed by atoms with Crippen LogP contribution in [-0.4, -0.2) is 15.9 Å². The van der Waals surface area contributed by atoms with Crippen LogP contribution in [0.3, 0.4) is 0 Å². The average molecular weight is 417 g/mol. The minimum Gasteiger partial charge on any atom is -0.450 e. The molecular formula is C21H24N2O3S2. The molecule has 0 amide bonds. The van der Waals surface area contributed by atoms with Crippen molar-refractivity contribution in [1.82, 2.24) is 9.97 Å². The van der Waals surface area contributed by atoms with Gasteiger partial charge in [-0.1, -0.05) is 13.3 Å². The summed E-state index contributed by atoms with van der Waals surface area (Å²) < 4.78 is 5.64. The average Bonchev–Trinajstić information content (AvgIpc) is 3.22. The number of H-pyrrole nitrogens is 1. The summed E-state index contributed by atoms with van der Waals surface area (Å²) in [5.41, 5.74) is 2.07. The van der Waals surface area contributed by atoms with E-state index < -0.39 is 6.10 Å². The molecule has 0 spiro atoms. The topological polar surface area (TPSA) is 72.0 Å². The molecule has 3 aromatic heterocycles. The van der Waals surface area contributed by atoms with Crippen LogP contribution in [0.2, 0.25) is 0 Å². The number of thiophene rings is 2. The molecule has 5 nitrogen and oxygen atoms in total. The summed E-state index contributed by atoms with van der Waals surface area (Å²) >= 11 is 3.03. The number of hydrogen-bond acceptors (Lipinski definition) is 6. The highest BCUT2D eigenvalue weighted by molar-refractivity contribution is 7.18. The number of aryl methyl sites for hydroxylation is 3. The molecule has 0 unspecified atom stereocenters. The summed E-state index contributed by atoms with van der Waals surface area (Å²) in [6, 6.07) is 1.99. The summed E-state index contributed by atoms with van der Waals surface area (Å²) in [6.45, 7) is 7.87. The molecule has 0 aromatic carbocycles. The first-order valence-electron chi connectivity index (χ1n) is 9.69. The van der Waals surface area contributed by atoms with Crippen LogP contribution < -0.4 is 5.56 Å². The van der Waals surface area contributed by atoms with Crippen LogP contribution in [0.25, 0.3) is 10.2 Å². The zero-order chi connectivity index (χ0) is 20.0. The predicted molar refractivity (Wildman–Crippen MR) is 114 cm³/mol. The van der Waals surface area contributed by atoms with E-state index in [0.29, 0.717) is 26.8 Å². The molecule has 1 N–H and O–H groups in total. The van der Waals surface area contributed by atoms with Crippen molar-refractivity contribution in [2.75, 3.05) is 0 Å². The van der Waals surface area contributed by atoms with E-state index in [0.717, 1.165) is 23.3 Å². The smallest absolute Gasteiger partial charge is 0.349 e. The first kappa shape index (κ1) is 19.3. The molecule has 4 rings (SSSR count). The van der Waals surface area contributed by atoms with E-state index in [1.165, 1.54) is 46.0 Å². The highest BCUT2D eigenvalue weighted by Gasteiger charge is 2.24. The molecule has 0 bridgehead atoms. The van der Waals surface area contributed by atoms with Gasteiger partial charge in [-0.25, -0.2) is 9.78 Å². The molecule has 3 aromatic rings. The second-order valence-electron chi connectivity index (χ2n) is 7.54. The van der Waals surface area contributed by atoms with E-state index in [9.17, 15) is 9.59 Å². The van der Waals surface area contributed by atoms with Gasteiger partial charge in [-0.2, -0.15) is 0 Å². The molecule has 148 valence electrons. The molecule has 28 heavy (non-hydrogen) atoms. The number of nitrogens with zero attached hydrogens (tertiary/aromatic N) is 1. The number of carbonyl (C=O) groups is 1. The molecule has 0 aliphatic heterocycles. The number of esters is 1. The number of carbonyl (C=O) groups excluding carboxylic acids is 1. The second kappa shape index (κ2) is 7.44. The van der Waals surface area contributed by atoms with E-state index in [-0.39, 0.29) is 11.5 Å². The maximum atomic E-state index is 12.7. The van der Waals surface area contributed by atoms with E-state index in [4.69, 9.17) is 4.74 Å². The Morgan fingerprint density at radius 2 is 2.18 bits per heavy atom. The maximum absolute atomic E-state index is 12.7. The highest BCUT2D eigenvalue weighted by atomic mass is 32.1. The maximum Gasteiger partial charge on any atom is 0.349 e. The van der Waals surface area contributed by atoms with Crippen molar-refractivity contribution >= 4 is 38.9 Å². The van der Waals surface area contributed by atoms with Crippen LogP contribution in [0.1, 0.15) is 69.2 Å². The van der Waals surface area contributed by atoms with Gasteiger partial charge in [0.2, 0.25) is 0 Å². The Labute approximate surface area is 171 Å². The molecule has 1 aliphatic rings. The summed E-state index contributed by atoms with van der Waals surface area (Å²) in [7, 11) is 0. The first-order chi connectivity index (χ1) is 13.4. The Morgan fingerprint density at radius 1 is 1.39 bits per heavy atom. The molecule has 0 fully saturated rings. The van der Waals surface area contributed by atoms with Gasteiger partial charge >= 0.3 is 5.97 Å². The fourth-order valence-corrected chi connectivity index (χ4v) is 5.91. The molecule has 0 saturated carbocycles. The predicted octanol–water partition coefficient (Wildman–Crippen LogP) is 5.10. The number of aromatic nitrogens is 2. The Hall–Kier alpha value is -1.99. The molecule has 7 heteroatoms. The second-order valence-corrected chi connectivity index (χ2v) is 9.88. The van der Waals surface area contributed by atoms with Gasteiger partial charge in [-0.3, -0.25) is 4.79 Å². The third-order valence-corrected chi connectivity index (χ3v) is 8.01. The molecule has 2 atom stereocenters. The third kappa shape index (κ3) is 3.42. The van der Waals surface area contributed by atoms with E-state index in [1.807, 2.05) is 19.9 Å². The summed E-state index contributed by atoms with van der Waals surface area (Å²) in [4.78, 5) is 36.2. The minimum atomic E-state index is -0.616. The van der Waals surface area contributed by atoms with Crippen LogP contribution in [0, 0.1) is 19.8 Å². The van der Waals surface area contributed by atoms with Gasteiger partial charge in [0, 0.05) is 9.75 Å². The Bertz CT molecular complexity index is 1110. The number of nitrogens with one attached hydrogen (secondary N) is 1. The van der Waals surface area contributed by atoms with Gasteiger partial charge in [0.05, 0.1) is 5.39 Å². The molecule has 3 heterocycles. The molecule has 0 radical (unpaired) electrons. The Balaban J connectivity index is 1.55. The summed E-state index contributed by atoms with van der Waals surface area (Å²) in [6.07, 6.45) is 3.85. The largest absolute Gasteiger partial charge is 0.450 e. The summed E-state index contributed by atoms with van der Waals surface area (Å²) in [5, 5.41) is 0.626. The Morgan fingerprint density at radius 3 is 2.93 bits per heavy atom. The van der Waals surface area contributed by atoms with Gasteiger partial charge in [-0.05, 0) is 63.1 Å². The van der Waals surface area contributed by atoms with E-state index in [1.54, 1.807) is 6.92 Å². The van der Waals surface area contributed by atoms with Crippen molar-refractivity contribution in [3.05, 3.63) is 48.0 Å². The zero-order valence-electron chi connectivity index (χ0n) is 16.5. The third-order valence-electron chi connectivity index (χ3n) is 5.69. The van der Waals surface area contributed by atoms with Crippen molar-refractivity contribution < 1.29 is 9.53 Å². The lowest BCUT2D eigenvalue weighted by atomic mass is 9.87. The number of aromatic amines is 1. The van der Waals surface area contributed by atoms with Crippen molar-refractivity contribution in [1.29, 1.82) is 0 Å². The minimum absolute atomic E-state index is 0.179. The lowest BCUT2D eigenvalue weighted by Crippen LogP contribution is -2.17. The zero-order valence-corrected chi connectivity index (χ0v) is 18.2. The fourth-order valence-electron chi connectivity index (χ4n) is 3.79. The van der Waals surface area contributed by atoms with Gasteiger partial charge < -0.3 is 9.72 Å². The van der Waals surface area contributed by atoms with Crippen molar-refractivity contribution in [2.45, 2.75) is 59.5 Å². The molecule has 0 saturated heterocycles. The lowest BCUT2D eigenvalue weighted by molar-refractivity contribution is 0.0326. The van der Waals surface area contributed by atoms with E-state index >= 15 is 0 Å². The van der Waals surface area contributed by atoms with Crippen molar-refractivity contribution in [3.63, 3.8) is 0 Å². The number of rotatable bonds is 4. The first-order valence-corrected chi connectivity index (χ1v) is 11.3. The highest BCUT2D eigenvalue weighted by Crippen LogP contribution is 2.34. The lowest BCUT2D eigenvalue weighted by Gasteiger charge is -2.19. The number of hydrogen-bond donors (Lipinski definition) is 1. The van der Waals surface area contributed by atoms with E-state index in [2.05, 4.69) is 16.9 Å². The van der Waals surface area contributed by atoms with Crippen molar-refractivity contribution in [2.24, 2.45) is 5.92 Å². The van der Waals surface area contributed by atoms with Crippen LogP contribution >= 0.6 is 22.7 Å². The van der Waals surface area contributed by atoms with Gasteiger partial charge in [0.15, 0.2) is 11.9 Å². The van der Waals surface area contributed by atoms with Crippen molar-refractivity contribution in [3.8, 4) is 0 Å². The Kier molecular flexibility index (Phi) is 5.14. The van der Waals surface area contributed by atoms with Crippen LogP contribution in [0.5, 0.6) is 0 Å². The number of fused-ring (bicyclic) bond motifs is 2. The monoisotopic (exact) mass is 416 g/mol. The van der Waals surface area contributed by atoms with Gasteiger partial charge in [0.1, 0.15) is 9.71 Å².